The number of carbonyl (C=O) groups excluding carboxylic acids is 2. The molecule has 0 aromatic heterocycles. The van der Waals surface area contributed by atoms with Crippen LogP contribution in [-0.4, -0.2) is 11.7 Å². The highest BCUT2D eigenvalue weighted by molar-refractivity contribution is 5.91. The second kappa shape index (κ2) is 7.08. The molecule has 1 aromatic carbocycles. The molecule has 3 nitrogen and oxygen atoms in total. The molecule has 0 saturated carbocycles. The van der Waals surface area contributed by atoms with Crippen molar-refractivity contribution in [2.24, 2.45) is 10.8 Å². The van der Waals surface area contributed by atoms with Crippen LogP contribution in [0.1, 0.15) is 59.9 Å². The van der Waals surface area contributed by atoms with E-state index in [1.165, 1.54) is 0 Å². The monoisotopic (exact) mass is 303 g/mol. The van der Waals surface area contributed by atoms with Crippen LogP contribution in [-0.2, 0) is 16.0 Å². The van der Waals surface area contributed by atoms with Crippen molar-refractivity contribution in [1.82, 2.24) is 0 Å². The highest BCUT2D eigenvalue weighted by Crippen LogP contribution is 2.21. The molecule has 1 rings (SSSR count). The molecule has 122 valence electrons. The van der Waals surface area contributed by atoms with Gasteiger partial charge in [-0.25, -0.2) is 0 Å². The lowest BCUT2D eigenvalue weighted by Crippen LogP contribution is -2.19. The number of nitrogens with one attached hydrogen (secondary N) is 1. The fraction of sp³-hybridized carbons (Fsp3) is 0.579. The molecule has 1 amide bonds. The summed E-state index contributed by atoms with van der Waals surface area (Å²) in [5, 5.41) is 2.89. The van der Waals surface area contributed by atoms with Crippen molar-refractivity contribution < 1.29 is 9.59 Å². The number of hydrogen-bond acceptors (Lipinski definition) is 2. The molecule has 0 aliphatic heterocycles. The molecule has 0 atom stereocenters. The van der Waals surface area contributed by atoms with Crippen LogP contribution in [0, 0.1) is 10.8 Å². The van der Waals surface area contributed by atoms with Gasteiger partial charge < -0.3 is 5.32 Å². The Bertz CT molecular complexity index is 467. The number of rotatable bonds is 5. The average molecular weight is 303 g/mol. The van der Waals surface area contributed by atoms with Crippen molar-refractivity contribution in [3.8, 4) is 0 Å². The largest absolute Gasteiger partial charge is 0.326 e. The lowest BCUT2D eigenvalue weighted by molar-refractivity contribution is -0.120. The molecular formula is C19H29NO2. The van der Waals surface area contributed by atoms with Gasteiger partial charge in [0.1, 0.15) is 5.78 Å². The van der Waals surface area contributed by atoms with Crippen molar-refractivity contribution >= 4 is 17.4 Å². The summed E-state index contributed by atoms with van der Waals surface area (Å²) in [4.78, 5) is 23.9. The first-order valence-electron chi connectivity index (χ1n) is 7.85. The van der Waals surface area contributed by atoms with Gasteiger partial charge in [-0.2, -0.15) is 0 Å². The van der Waals surface area contributed by atoms with Gasteiger partial charge in [-0.1, -0.05) is 53.7 Å². The first-order valence-corrected chi connectivity index (χ1v) is 7.85. The number of Topliss-reactive ketones (excluding diaryl/α,β-unsaturated/α-hetero) is 1. The minimum atomic E-state index is -0.0244. The fourth-order valence-corrected chi connectivity index (χ4v) is 2.27. The van der Waals surface area contributed by atoms with Crippen LogP contribution < -0.4 is 5.32 Å². The summed E-state index contributed by atoms with van der Waals surface area (Å²) >= 11 is 0. The van der Waals surface area contributed by atoms with E-state index in [0.29, 0.717) is 19.3 Å². The van der Waals surface area contributed by atoms with E-state index in [1.807, 2.05) is 45.0 Å². The van der Waals surface area contributed by atoms with E-state index in [1.54, 1.807) is 0 Å². The van der Waals surface area contributed by atoms with E-state index >= 15 is 0 Å². The van der Waals surface area contributed by atoms with Crippen LogP contribution in [0.5, 0.6) is 0 Å². The summed E-state index contributed by atoms with van der Waals surface area (Å²) in [5.41, 5.74) is 1.77. The van der Waals surface area contributed by atoms with Crippen LogP contribution in [0.4, 0.5) is 5.69 Å². The number of benzene rings is 1. The number of ketones is 1. The maximum absolute atomic E-state index is 12.0. The van der Waals surface area contributed by atoms with Crippen molar-refractivity contribution in [3.63, 3.8) is 0 Å². The van der Waals surface area contributed by atoms with Gasteiger partial charge in [-0.3, -0.25) is 9.59 Å². The maximum atomic E-state index is 12.0. The summed E-state index contributed by atoms with van der Waals surface area (Å²) in [6, 6.07) is 7.54. The minimum Gasteiger partial charge on any atom is -0.326 e. The third-order valence-electron chi connectivity index (χ3n) is 3.06. The molecule has 22 heavy (non-hydrogen) atoms. The molecule has 0 spiro atoms. The highest BCUT2D eigenvalue weighted by atomic mass is 16.1. The quantitative estimate of drug-likeness (QED) is 0.863. The lowest BCUT2D eigenvalue weighted by Gasteiger charge is -2.17. The number of amides is 1. The lowest BCUT2D eigenvalue weighted by atomic mass is 9.88. The Morgan fingerprint density at radius 1 is 0.864 bits per heavy atom. The molecule has 1 aromatic rings. The number of anilines is 1. The molecule has 0 bridgehead atoms. The molecular weight excluding hydrogens is 274 g/mol. The normalized spacial score (nSPS) is 12.1. The van der Waals surface area contributed by atoms with E-state index in [9.17, 15) is 9.59 Å². The van der Waals surface area contributed by atoms with Crippen LogP contribution in [0.25, 0.3) is 0 Å². The number of hydrogen-bond donors (Lipinski definition) is 1. The average Bonchev–Trinajstić information content (AvgIpc) is 2.26. The Labute approximate surface area is 134 Å². The third kappa shape index (κ3) is 7.96. The summed E-state index contributed by atoms with van der Waals surface area (Å²) in [6.45, 7) is 12.3. The van der Waals surface area contributed by atoms with Crippen LogP contribution >= 0.6 is 0 Å². The second-order valence-corrected chi connectivity index (χ2v) is 8.44. The van der Waals surface area contributed by atoms with E-state index < -0.39 is 0 Å². The smallest absolute Gasteiger partial charge is 0.224 e. The van der Waals surface area contributed by atoms with Crippen molar-refractivity contribution in [1.29, 1.82) is 0 Å². The van der Waals surface area contributed by atoms with Gasteiger partial charge in [0.25, 0.3) is 0 Å². The van der Waals surface area contributed by atoms with Gasteiger partial charge >= 0.3 is 0 Å². The van der Waals surface area contributed by atoms with Crippen molar-refractivity contribution in [2.75, 3.05) is 5.32 Å². The summed E-state index contributed by atoms with van der Waals surface area (Å²) in [5.74, 6) is 0.265. The predicted molar refractivity (Wildman–Crippen MR) is 91.9 cm³/mol. The zero-order chi connectivity index (χ0) is 17.0. The third-order valence-corrected chi connectivity index (χ3v) is 3.06. The highest BCUT2D eigenvalue weighted by Gasteiger charge is 2.17. The summed E-state index contributed by atoms with van der Waals surface area (Å²) in [7, 11) is 0. The van der Waals surface area contributed by atoms with Crippen molar-refractivity contribution in [3.05, 3.63) is 29.8 Å². The fourth-order valence-electron chi connectivity index (χ4n) is 2.27. The van der Waals surface area contributed by atoms with E-state index in [2.05, 4.69) is 26.1 Å². The maximum Gasteiger partial charge on any atom is 0.224 e. The predicted octanol–water partition coefficient (Wildman–Crippen LogP) is 4.61. The first kappa shape index (κ1) is 18.4. The molecule has 0 unspecified atom stereocenters. The first-order chi connectivity index (χ1) is 9.94. The minimum absolute atomic E-state index is 0.0176. The Balaban J connectivity index is 2.56. The SMILES string of the molecule is CC(C)(C)CC(=O)Cc1ccc(NC(=O)CC(C)(C)C)cc1. The van der Waals surface area contributed by atoms with E-state index in [-0.39, 0.29) is 22.5 Å². The van der Waals surface area contributed by atoms with Crippen LogP contribution in [0.2, 0.25) is 0 Å². The Kier molecular flexibility index (Phi) is 5.92. The van der Waals surface area contributed by atoms with Gasteiger partial charge in [-0.15, -0.1) is 0 Å². The summed E-state index contributed by atoms with van der Waals surface area (Å²) in [6.07, 6.45) is 1.52. The van der Waals surface area contributed by atoms with Gasteiger partial charge in [0.2, 0.25) is 5.91 Å². The molecule has 1 N–H and O–H groups in total. The van der Waals surface area contributed by atoms with Gasteiger partial charge in [-0.05, 0) is 28.5 Å². The molecule has 0 aliphatic rings. The molecule has 0 saturated heterocycles. The van der Waals surface area contributed by atoms with E-state index in [0.717, 1.165) is 11.3 Å². The topological polar surface area (TPSA) is 46.2 Å². The molecule has 0 fully saturated rings. The van der Waals surface area contributed by atoms with Crippen molar-refractivity contribution in [2.45, 2.75) is 60.8 Å². The van der Waals surface area contributed by atoms with Gasteiger partial charge in [0.05, 0.1) is 0 Å². The second-order valence-electron chi connectivity index (χ2n) is 8.44. The Hall–Kier alpha value is -1.64. The standard InChI is InChI=1S/C19H29NO2/c1-18(2,3)12-16(21)11-14-7-9-15(10-8-14)20-17(22)13-19(4,5)6/h7-10H,11-13H2,1-6H3,(H,20,22). The van der Waals surface area contributed by atoms with E-state index in [4.69, 9.17) is 0 Å². The molecule has 0 heterocycles. The summed E-state index contributed by atoms with van der Waals surface area (Å²) < 4.78 is 0. The Morgan fingerprint density at radius 3 is 1.82 bits per heavy atom. The molecule has 0 radical (unpaired) electrons. The number of carbonyl (C=O) groups is 2. The zero-order valence-corrected chi connectivity index (χ0v) is 14.7. The van der Waals surface area contributed by atoms with Gasteiger partial charge in [0, 0.05) is 24.9 Å². The zero-order valence-electron chi connectivity index (χ0n) is 14.7. The van der Waals surface area contributed by atoms with Gasteiger partial charge in [0.15, 0.2) is 0 Å². The van der Waals surface area contributed by atoms with Crippen LogP contribution in [0.15, 0.2) is 24.3 Å². The Morgan fingerprint density at radius 2 is 1.36 bits per heavy atom. The molecule has 0 aliphatic carbocycles. The van der Waals surface area contributed by atoms with Crippen LogP contribution in [0.3, 0.4) is 0 Å². The molecule has 3 heteroatoms.